The van der Waals surface area contributed by atoms with Gasteiger partial charge in [0.1, 0.15) is 5.60 Å². The molecule has 3 heteroatoms. The Kier molecular flexibility index (Phi) is 1.88. The minimum Gasteiger partial charge on any atom is -0.377 e. The minimum absolute atomic E-state index is 0.0635. The van der Waals surface area contributed by atoms with E-state index in [4.69, 9.17) is 6.42 Å². The van der Waals surface area contributed by atoms with Crippen molar-refractivity contribution in [2.24, 2.45) is 0 Å². The van der Waals surface area contributed by atoms with Crippen LogP contribution in [0.4, 0.5) is 0 Å². The Balaban J connectivity index is 2.31. The van der Waals surface area contributed by atoms with E-state index in [9.17, 15) is 9.90 Å². The second-order valence-electron chi connectivity index (χ2n) is 2.98. The van der Waals surface area contributed by atoms with Gasteiger partial charge in [0.2, 0.25) is 5.91 Å². The van der Waals surface area contributed by atoms with Gasteiger partial charge < -0.3 is 10.4 Å². The Morgan fingerprint density at radius 3 is 2.73 bits per heavy atom. The molecular weight excluding hydrogens is 142 g/mol. The molecule has 0 heterocycles. The monoisotopic (exact) mass is 153 g/mol. The van der Waals surface area contributed by atoms with E-state index in [0.717, 1.165) is 0 Å². The van der Waals surface area contributed by atoms with Gasteiger partial charge in [-0.05, 0) is 0 Å². The molecule has 0 unspecified atom stereocenters. The number of hydrogen-bond acceptors (Lipinski definition) is 2. The van der Waals surface area contributed by atoms with Crippen LogP contribution in [-0.4, -0.2) is 22.7 Å². The summed E-state index contributed by atoms with van der Waals surface area (Å²) in [6.45, 7) is 1.45. The van der Waals surface area contributed by atoms with Crippen molar-refractivity contribution in [1.29, 1.82) is 0 Å². The lowest BCUT2D eigenvalue weighted by Gasteiger charge is -2.39. The second-order valence-corrected chi connectivity index (χ2v) is 2.98. The third-order valence-electron chi connectivity index (χ3n) is 1.84. The Morgan fingerprint density at radius 1 is 1.82 bits per heavy atom. The van der Waals surface area contributed by atoms with Gasteiger partial charge in [-0.25, -0.2) is 0 Å². The van der Waals surface area contributed by atoms with Crippen LogP contribution < -0.4 is 5.32 Å². The molecule has 2 N–H and O–H groups in total. The van der Waals surface area contributed by atoms with Gasteiger partial charge in [-0.2, -0.15) is 0 Å². The van der Waals surface area contributed by atoms with Crippen LogP contribution in [0.5, 0.6) is 0 Å². The van der Waals surface area contributed by atoms with Gasteiger partial charge in [-0.1, -0.05) is 5.92 Å². The lowest BCUT2D eigenvalue weighted by atomic mass is 9.76. The fraction of sp³-hybridized carbons (Fsp3) is 0.625. The number of terminal acetylenes is 1. The molecule has 11 heavy (non-hydrogen) atoms. The first kappa shape index (κ1) is 8.09. The quantitative estimate of drug-likeness (QED) is 0.506. The summed E-state index contributed by atoms with van der Waals surface area (Å²) in [5, 5.41) is 12.0. The summed E-state index contributed by atoms with van der Waals surface area (Å²) < 4.78 is 0. The first-order valence-electron chi connectivity index (χ1n) is 3.53. The molecule has 0 saturated heterocycles. The van der Waals surface area contributed by atoms with Gasteiger partial charge in [-0.15, -0.1) is 6.42 Å². The van der Waals surface area contributed by atoms with Crippen molar-refractivity contribution in [3.63, 3.8) is 0 Å². The second kappa shape index (κ2) is 2.55. The standard InChI is InChI=1S/C8H11NO2/c1-3-8(11)4-7(5-8)9-6(2)10/h1,7,11H,4-5H2,2H3,(H,9,10). The first-order chi connectivity index (χ1) is 5.06. The molecule has 0 atom stereocenters. The zero-order chi connectivity index (χ0) is 8.48. The van der Waals surface area contributed by atoms with E-state index in [1.165, 1.54) is 6.92 Å². The fourth-order valence-electron chi connectivity index (χ4n) is 1.26. The third kappa shape index (κ3) is 1.72. The zero-order valence-corrected chi connectivity index (χ0v) is 6.42. The van der Waals surface area contributed by atoms with E-state index in [1.54, 1.807) is 0 Å². The summed E-state index contributed by atoms with van der Waals surface area (Å²) in [6.07, 6.45) is 6.00. The van der Waals surface area contributed by atoms with Gasteiger partial charge in [0.25, 0.3) is 0 Å². The Morgan fingerprint density at radius 2 is 2.36 bits per heavy atom. The molecule has 1 aliphatic rings. The van der Waals surface area contributed by atoms with Crippen LogP contribution in [0.1, 0.15) is 19.8 Å². The van der Waals surface area contributed by atoms with Gasteiger partial charge in [0.15, 0.2) is 0 Å². The van der Waals surface area contributed by atoms with E-state index in [-0.39, 0.29) is 11.9 Å². The van der Waals surface area contributed by atoms with Crippen LogP contribution in [0.25, 0.3) is 0 Å². The fourth-order valence-corrected chi connectivity index (χ4v) is 1.26. The summed E-state index contributed by atoms with van der Waals surface area (Å²) in [5.41, 5.74) is -0.965. The van der Waals surface area contributed by atoms with E-state index in [2.05, 4.69) is 11.2 Å². The van der Waals surface area contributed by atoms with Gasteiger partial charge >= 0.3 is 0 Å². The maximum Gasteiger partial charge on any atom is 0.217 e. The number of carbonyl (C=O) groups excluding carboxylic acids is 1. The Labute approximate surface area is 65.8 Å². The maximum absolute atomic E-state index is 10.5. The zero-order valence-electron chi connectivity index (χ0n) is 6.42. The smallest absolute Gasteiger partial charge is 0.217 e. The predicted octanol–water partition coefficient (Wildman–Crippen LogP) is -0.351. The molecule has 0 bridgehead atoms. The highest BCUT2D eigenvalue weighted by Gasteiger charge is 2.41. The molecule has 1 aliphatic carbocycles. The number of carbonyl (C=O) groups is 1. The van der Waals surface area contributed by atoms with Crippen LogP contribution in [0.3, 0.4) is 0 Å². The molecule has 60 valence electrons. The number of nitrogens with one attached hydrogen (secondary N) is 1. The average molecular weight is 153 g/mol. The van der Waals surface area contributed by atoms with Crippen molar-refractivity contribution in [1.82, 2.24) is 5.32 Å². The summed E-state index contributed by atoms with van der Waals surface area (Å²) >= 11 is 0. The molecule has 1 rings (SSSR count). The van der Waals surface area contributed by atoms with Crippen molar-refractivity contribution in [2.75, 3.05) is 0 Å². The van der Waals surface area contributed by atoms with Crippen molar-refractivity contribution >= 4 is 5.91 Å². The number of rotatable bonds is 1. The summed E-state index contributed by atoms with van der Waals surface area (Å²) in [5.74, 6) is 2.21. The molecule has 0 aliphatic heterocycles. The molecule has 0 aromatic rings. The summed E-state index contributed by atoms with van der Waals surface area (Å²) in [4.78, 5) is 10.5. The summed E-state index contributed by atoms with van der Waals surface area (Å²) in [6, 6.07) is 0.0635. The molecule has 0 radical (unpaired) electrons. The van der Waals surface area contributed by atoms with Crippen LogP contribution in [-0.2, 0) is 4.79 Å². The average Bonchev–Trinajstić information content (AvgIpc) is 1.83. The highest BCUT2D eigenvalue weighted by atomic mass is 16.3. The van der Waals surface area contributed by atoms with E-state index in [1.807, 2.05) is 0 Å². The SMILES string of the molecule is C#CC1(O)CC(NC(C)=O)C1. The molecule has 3 nitrogen and oxygen atoms in total. The first-order valence-corrected chi connectivity index (χ1v) is 3.53. The summed E-state index contributed by atoms with van der Waals surface area (Å²) in [7, 11) is 0. The highest BCUT2D eigenvalue weighted by Crippen LogP contribution is 2.31. The molecule has 0 aromatic heterocycles. The van der Waals surface area contributed by atoms with Crippen molar-refractivity contribution in [2.45, 2.75) is 31.4 Å². The van der Waals surface area contributed by atoms with Crippen LogP contribution in [0.15, 0.2) is 0 Å². The Bertz CT molecular complexity index is 211. The van der Waals surface area contributed by atoms with Crippen LogP contribution in [0, 0.1) is 12.3 Å². The largest absolute Gasteiger partial charge is 0.377 e. The molecule has 1 saturated carbocycles. The maximum atomic E-state index is 10.5. The number of amides is 1. The van der Waals surface area contributed by atoms with Crippen molar-refractivity contribution < 1.29 is 9.90 Å². The highest BCUT2D eigenvalue weighted by molar-refractivity contribution is 5.73. The predicted molar refractivity (Wildman–Crippen MR) is 40.6 cm³/mol. The van der Waals surface area contributed by atoms with E-state index >= 15 is 0 Å². The van der Waals surface area contributed by atoms with Crippen molar-refractivity contribution in [3.8, 4) is 12.3 Å². The molecule has 0 aromatic carbocycles. The van der Waals surface area contributed by atoms with Gasteiger partial charge in [0, 0.05) is 25.8 Å². The van der Waals surface area contributed by atoms with E-state index in [0.29, 0.717) is 12.8 Å². The molecule has 1 amide bonds. The molecule has 1 fully saturated rings. The number of hydrogen-bond donors (Lipinski definition) is 2. The topological polar surface area (TPSA) is 49.3 Å². The van der Waals surface area contributed by atoms with E-state index < -0.39 is 5.60 Å². The number of aliphatic hydroxyl groups is 1. The van der Waals surface area contributed by atoms with Crippen LogP contribution >= 0.6 is 0 Å². The Hall–Kier alpha value is -1.01. The van der Waals surface area contributed by atoms with Gasteiger partial charge in [-0.3, -0.25) is 4.79 Å². The lowest BCUT2D eigenvalue weighted by Crippen LogP contribution is -2.53. The molecule has 0 spiro atoms. The lowest BCUT2D eigenvalue weighted by molar-refractivity contribution is -0.121. The molecular formula is C8H11NO2. The van der Waals surface area contributed by atoms with Gasteiger partial charge in [0.05, 0.1) is 0 Å². The normalized spacial score (nSPS) is 35.2. The minimum atomic E-state index is -0.965. The van der Waals surface area contributed by atoms with Crippen molar-refractivity contribution in [3.05, 3.63) is 0 Å². The van der Waals surface area contributed by atoms with Crippen LogP contribution in [0.2, 0.25) is 0 Å². The third-order valence-corrected chi connectivity index (χ3v) is 1.84.